The van der Waals surface area contributed by atoms with E-state index < -0.39 is 0 Å². The largest absolute Gasteiger partial charge is 0.462 e. The van der Waals surface area contributed by atoms with Crippen LogP contribution < -0.4 is 5.32 Å². The van der Waals surface area contributed by atoms with Crippen molar-refractivity contribution in [2.45, 2.75) is 96.0 Å². The number of carbonyl (C=O) groups excluding carboxylic acids is 2. The summed E-state index contributed by atoms with van der Waals surface area (Å²) in [6, 6.07) is 9.72. The van der Waals surface area contributed by atoms with Gasteiger partial charge in [0.2, 0.25) is 5.91 Å². The van der Waals surface area contributed by atoms with E-state index in [1.165, 1.54) is 57.4 Å². The molecule has 1 N–H and O–H groups in total. The molecule has 2 rings (SSSR count). The van der Waals surface area contributed by atoms with Crippen molar-refractivity contribution in [3.05, 3.63) is 42.0 Å². The van der Waals surface area contributed by atoms with Gasteiger partial charge >= 0.3 is 5.97 Å². The van der Waals surface area contributed by atoms with Crippen LogP contribution in [0.25, 0.3) is 6.08 Å². The van der Waals surface area contributed by atoms with Crippen LogP contribution in [0.1, 0.15) is 95.5 Å². The Hall–Kier alpha value is -2.10. The van der Waals surface area contributed by atoms with Gasteiger partial charge in [-0.25, -0.2) is 0 Å². The highest BCUT2D eigenvalue weighted by Gasteiger charge is 2.14. The third-order valence-electron chi connectivity index (χ3n) is 5.68. The summed E-state index contributed by atoms with van der Waals surface area (Å²) in [5, 5.41) is 2.83. The number of carbonyl (C=O) groups is 2. The molecule has 30 heavy (non-hydrogen) atoms. The number of benzene rings is 1. The Balaban J connectivity index is 1.61. The van der Waals surface area contributed by atoms with E-state index in [4.69, 9.17) is 4.74 Å². The summed E-state index contributed by atoms with van der Waals surface area (Å²) in [5.74, 6) is -0.263. The topological polar surface area (TPSA) is 55.4 Å². The molecule has 1 aliphatic carbocycles. The van der Waals surface area contributed by atoms with Crippen molar-refractivity contribution in [3.8, 4) is 0 Å². The average molecular weight is 414 g/mol. The van der Waals surface area contributed by atoms with Crippen LogP contribution in [0.2, 0.25) is 0 Å². The fraction of sp³-hybridized carbons (Fsp3) is 0.615. The molecule has 0 atom stereocenters. The number of amides is 1. The first-order valence-electron chi connectivity index (χ1n) is 11.9. The van der Waals surface area contributed by atoms with E-state index in [-0.39, 0.29) is 18.0 Å². The minimum atomic E-state index is -0.137. The van der Waals surface area contributed by atoms with Crippen LogP contribution in [0.3, 0.4) is 0 Å². The van der Waals surface area contributed by atoms with E-state index in [0.717, 1.165) is 31.2 Å². The Morgan fingerprint density at radius 1 is 0.867 bits per heavy atom. The van der Waals surface area contributed by atoms with Gasteiger partial charge < -0.3 is 10.1 Å². The zero-order chi connectivity index (χ0) is 21.3. The fourth-order valence-electron chi connectivity index (χ4n) is 3.90. The Morgan fingerprint density at radius 2 is 1.43 bits per heavy atom. The molecule has 1 saturated carbocycles. The van der Waals surface area contributed by atoms with Gasteiger partial charge in [0.1, 0.15) is 6.10 Å². The van der Waals surface area contributed by atoms with E-state index in [9.17, 15) is 9.59 Å². The molecule has 0 spiro atoms. The second kappa shape index (κ2) is 15.7. The summed E-state index contributed by atoms with van der Waals surface area (Å²) in [6.45, 7) is 0.484. The van der Waals surface area contributed by atoms with Crippen LogP contribution in [0.5, 0.6) is 0 Å². The maximum Gasteiger partial charge on any atom is 0.306 e. The third-order valence-corrected chi connectivity index (χ3v) is 5.68. The summed E-state index contributed by atoms with van der Waals surface area (Å²) < 4.78 is 5.77. The molecule has 0 bridgehead atoms. The molecule has 1 aromatic rings. The zero-order valence-electron chi connectivity index (χ0n) is 18.5. The second-order valence-corrected chi connectivity index (χ2v) is 8.36. The number of hydrogen-bond acceptors (Lipinski definition) is 3. The number of hydrogen-bond donors (Lipinski definition) is 1. The summed E-state index contributed by atoms with van der Waals surface area (Å²) in [4.78, 5) is 24.1. The molecule has 4 nitrogen and oxygen atoms in total. The lowest BCUT2D eigenvalue weighted by atomic mass is 10.0. The van der Waals surface area contributed by atoms with Gasteiger partial charge in [0.15, 0.2) is 0 Å². The van der Waals surface area contributed by atoms with Gasteiger partial charge in [0.25, 0.3) is 0 Å². The van der Waals surface area contributed by atoms with Gasteiger partial charge in [-0.05, 0) is 43.7 Å². The van der Waals surface area contributed by atoms with E-state index in [1.807, 2.05) is 30.3 Å². The SMILES string of the molecule is O=C(/C=C/c1ccccc1)NCCCC(=O)OC1CCCCCCCCCCCC1. The molecular weight excluding hydrogens is 374 g/mol. The van der Waals surface area contributed by atoms with Crippen LogP contribution >= 0.6 is 0 Å². The number of ether oxygens (including phenoxy) is 1. The lowest BCUT2D eigenvalue weighted by molar-refractivity contribution is -0.150. The number of esters is 1. The summed E-state index contributed by atoms with van der Waals surface area (Å²) in [7, 11) is 0. The van der Waals surface area contributed by atoms with Gasteiger partial charge in [-0.1, -0.05) is 81.7 Å². The lowest BCUT2D eigenvalue weighted by Gasteiger charge is -2.18. The Bertz CT molecular complexity index is 612. The van der Waals surface area contributed by atoms with Crippen LogP contribution in [0, 0.1) is 0 Å². The smallest absolute Gasteiger partial charge is 0.306 e. The lowest BCUT2D eigenvalue weighted by Crippen LogP contribution is -2.24. The van der Waals surface area contributed by atoms with E-state index >= 15 is 0 Å². The molecule has 166 valence electrons. The minimum absolute atomic E-state index is 0.0710. The minimum Gasteiger partial charge on any atom is -0.462 e. The Morgan fingerprint density at radius 3 is 2.03 bits per heavy atom. The average Bonchev–Trinajstić information content (AvgIpc) is 2.78. The quantitative estimate of drug-likeness (QED) is 0.329. The van der Waals surface area contributed by atoms with Crippen molar-refractivity contribution in [2.75, 3.05) is 6.54 Å². The highest BCUT2D eigenvalue weighted by Crippen LogP contribution is 2.19. The predicted octanol–water partition coefficient (Wildman–Crippen LogP) is 6.20. The Labute approximate surface area is 182 Å². The molecule has 1 aliphatic rings. The highest BCUT2D eigenvalue weighted by molar-refractivity contribution is 5.91. The summed E-state index contributed by atoms with van der Waals surface area (Å²) in [6.07, 6.45) is 19.2. The van der Waals surface area contributed by atoms with Crippen molar-refractivity contribution in [1.29, 1.82) is 0 Å². The molecular formula is C26H39NO3. The Kier molecular flexibility index (Phi) is 12.7. The van der Waals surface area contributed by atoms with E-state index in [0.29, 0.717) is 19.4 Å². The zero-order valence-corrected chi connectivity index (χ0v) is 18.5. The monoisotopic (exact) mass is 413 g/mol. The van der Waals surface area contributed by atoms with Crippen LogP contribution in [-0.2, 0) is 14.3 Å². The van der Waals surface area contributed by atoms with Crippen LogP contribution in [0.4, 0.5) is 0 Å². The molecule has 1 fully saturated rings. The summed E-state index contributed by atoms with van der Waals surface area (Å²) in [5.41, 5.74) is 0.990. The van der Waals surface area contributed by atoms with Crippen molar-refractivity contribution >= 4 is 18.0 Å². The van der Waals surface area contributed by atoms with Gasteiger partial charge in [0, 0.05) is 19.0 Å². The molecule has 0 aliphatic heterocycles. The van der Waals surface area contributed by atoms with Crippen molar-refractivity contribution in [2.24, 2.45) is 0 Å². The number of rotatable bonds is 7. The molecule has 0 unspecified atom stereocenters. The van der Waals surface area contributed by atoms with Crippen LogP contribution in [-0.4, -0.2) is 24.5 Å². The van der Waals surface area contributed by atoms with Crippen molar-refractivity contribution < 1.29 is 14.3 Å². The molecule has 1 aromatic carbocycles. The molecule has 0 saturated heterocycles. The second-order valence-electron chi connectivity index (χ2n) is 8.36. The first-order chi connectivity index (χ1) is 14.7. The standard InChI is InChI=1S/C26H39NO3/c28-25(21-20-23-15-10-9-11-16-23)27-22-14-19-26(29)30-24-17-12-7-5-3-1-2-4-6-8-13-18-24/h9-11,15-16,20-21,24H,1-8,12-14,17-19,22H2,(H,27,28)/b21-20+. The maximum atomic E-state index is 12.2. The highest BCUT2D eigenvalue weighted by atomic mass is 16.5. The molecule has 0 heterocycles. The van der Waals surface area contributed by atoms with Gasteiger partial charge in [-0.15, -0.1) is 0 Å². The van der Waals surface area contributed by atoms with E-state index in [1.54, 1.807) is 6.08 Å². The predicted molar refractivity (Wildman–Crippen MR) is 123 cm³/mol. The normalized spacial score (nSPS) is 17.5. The van der Waals surface area contributed by atoms with Crippen molar-refractivity contribution in [3.63, 3.8) is 0 Å². The first kappa shape index (κ1) is 24.2. The number of nitrogens with one attached hydrogen (secondary N) is 1. The molecule has 0 aromatic heterocycles. The molecule has 4 heteroatoms. The van der Waals surface area contributed by atoms with E-state index in [2.05, 4.69) is 5.32 Å². The third kappa shape index (κ3) is 11.8. The first-order valence-corrected chi connectivity index (χ1v) is 11.9. The summed E-state index contributed by atoms with van der Waals surface area (Å²) >= 11 is 0. The molecule has 0 radical (unpaired) electrons. The molecule has 1 amide bonds. The van der Waals surface area contributed by atoms with Gasteiger partial charge in [-0.3, -0.25) is 9.59 Å². The van der Waals surface area contributed by atoms with Crippen molar-refractivity contribution in [1.82, 2.24) is 5.32 Å². The van der Waals surface area contributed by atoms with Gasteiger partial charge in [0.05, 0.1) is 0 Å². The maximum absolute atomic E-state index is 12.2. The fourth-order valence-corrected chi connectivity index (χ4v) is 3.90. The van der Waals surface area contributed by atoms with Crippen LogP contribution in [0.15, 0.2) is 36.4 Å². The van der Waals surface area contributed by atoms with Gasteiger partial charge in [-0.2, -0.15) is 0 Å².